The number of benzene rings is 2. The summed E-state index contributed by atoms with van der Waals surface area (Å²) in [5.41, 5.74) is 3.42. The van der Waals surface area contributed by atoms with Crippen molar-refractivity contribution in [2.75, 3.05) is 5.32 Å². The summed E-state index contributed by atoms with van der Waals surface area (Å²) < 4.78 is 0.970. The highest BCUT2D eigenvalue weighted by Gasteiger charge is 2.56. The number of anilines is 1. The predicted molar refractivity (Wildman–Crippen MR) is 117 cm³/mol. The molecule has 0 radical (unpaired) electrons. The van der Waals surface area contributed by atoms with E-state index in [1.807, 2.05) is 48.5 Å². The summed E-state index contributed by atoms with van der Waals surface area (Å²) in [5, 5.41) is 4.00. The maximum absolute atomic E-state index is 13.3. The van der Waals surface area contributed by atoms with E-state index < -0.39 is 6.04 Å². The molecule has 3 aromatic rings. The molecule has 1 aliphatic heterocycles. The van der Waals surface area contributed by atoms with Crippen molar-refractivity contribution in [2.45, 2.75) is 38.3 Å². The van der Waals surface area contributed by atoms with Crippen LogP contribution in [0.2, 0.25) is 0 Å². The van der Waals surface area contributed by atoms with Crippen molar-refractivity contribution >= 4 is 44.3 Å². The zero-order valence-electron chi connectivity index (χ0n) is 16.1. The molecular weight excluding hydrogens is 430 g/mol. The first kappa shape index (κ1) is 18.4. The molecule has 1 aromatic heterocycles. The molecule has 29 heavy (non-hydrogen) atoms. The molecule has 5 rings (SSSR count). The summed E-state index contributed by atoms with van der Waals surface area (Å²) in [7, 11) is 0. The van der Waals surface area contributed by atoms with Gasteiger partial charge in [0.05, 0.1) is 0 Å². The molecule has 148 valence electrons. The summed E-state index contributed by atoms with van der Waals surface area (Å²) in [6, 6.07) is 15.4. The number of aromatic amines is 1. The van der Waals surface area contributed by atoms with Crippen LogP contribution in [-0.2, 0) is 11.2 Å². The third kappa shape index (κ3) is 3.35. The van der Waals surface area contributed by atoms with Gasteiger partial charge in [-0.05, 0) is 67.1 Å². The Morgan fingerprint density at radius 3 is 2.86 bits per heavy atom. The first-order valence-corrected chi connectivity index (χ1v) is 10.8. The number of rotatable bonds is 4. The van der Waals surface area contributed by atoms with E-state index in [2.05, 4.69) is 33.2 Å². The summed E-state index contributed by atoms with van der Waals surface area (Å²) in [4.78, 5) is 31.3. The quantitative estimate of drug-likeness (QED) is 0.601. The Balaban J connectivity index is 1.39. The highest BCUT2D eigenvalue weighted by atomic mass is 79.9. The number of likely N-dealkylation sites (tertiary alicyclic amines) is 1. The Morgan fingerprint density at radius 2 is 2.03 bits per heavy atom. The maximum atomic E-state index is 13.3. The number of H-pyrrole nitrogens is 1. The van der Waals surface area contributed by atoms with Crippen LogP contribution in [0, 0.1) is 5.92 Å². The van der Waals surface area contributed by atoms with Crippen LogP contribution in [0.15, 0.2) is 53.0 Å². The molecule has 0 unspecified atom stereocenters. The molecule has 0 spiro atoms. The number of aryl methyl sites for hydroxylation is 1. The summed E-state index contributed by atoms with van der Waals surface area (Å²) in [6.45, 7) is 2.09. The molecule has 2 fully saturated rings. The van der Waals surface area contributed by atoms with Gasteiger partial charge in [-0.15, -0.1) is 0 Å². The van der Waals surface area contributed by atoms with E-state index in [4.69, 9.17) is 0 Å². The molecule has 2 N–H and O–H groups in total. The van der Waals surface area contributed by atoms with Crippen LogP contribution in [-0.4, -0.2) is 33.8 Å². The minimum Gasteiger partial charge on any atom is -0.351 e. The predicted octanol–water partition coefficient (Wildman–Crippen LogP) is 4.73. The lowest BCUT2D eigenvalue weighted by molar-refractivity contribution is -0.120. The van der Waals surface area contributed by atoms with Crippen molar-refractivity contribution in [1.29, 1.82) is 0 Å². The molecular formula is C23H22BrN3O2. The van der Waals surface area contributed by atoms with Crippen molar-refractivity contribution in [1.82, 2.24) is 9.88 Å². The van der Waals surface area contributed by atoms with Crippen LogP contribution in [0.4, 0.5) is 5.69 Å². The molecule has 2 amide bonds. The van der Waals surface area contributed by atoms with E-state index in [0.717, 1.165) is 40.3 Å². The van der Waals surface area contributed by atoms with Crippen molar-refractivity contribution in [3.63, 3.8) is 0 Å². The number of carbonyl (C=O) groups excluding carboxylic acids is 2. The van der Waals surface area contributed by atoms with Crippen molar-refractivity contribution in [3.05, 3.63) is 64.3 Å². The van der Waals surface area contributed by atoms with Gasteiger partial charge in [0.1, 0.15) is 11.7 Å². The first-order valence-electron chi connectivity index (χ1n) is 10.0. The van der Waals surface area contributed by atoms with Crippen molar-refractivity contribution < 1.29 is 9.59 Å². The molecule has 6 heteroatoms. The minimum absolute atomic E-state index is 0.0928. The second-order valence-corrected chi connectivity index (χ2v) is 8.90. The zero-order chi connectivity index (χ0) is 20.1. The van der Waals surface area contributed by atoms with Crippen LogP contribution in [0.1, 0.15) is 35.8 Å². The lowest BCUT2D eigenvalue weighted by atomic mass is 10.1. The van der Waals surface area contributed by atoms with Crippen LogP contribution in [0.3, 0.4) is 0 Å². The normalized spacial score (nSPS) is 22.6. The van der Waals surface area contributed by atoms with Crippen molar-refractivity contribution in [3.8, 4) is 0 Å². The third-order valence-electron chi connectivity index (χ3n) is 6.06. The van der Waals surface area contributed by atoms with Crippen LogP contribution < -0.4 is 5.32 Å². The van der Waals surface area contributed by atoms with Crippen LogP contribution in [0.25, 0.3) is 10.9 Å². The van der Waals surface area contributed by atoms with Gasteiger partial charge in [-0.2, -0.15) is 0 Å². The number of carbonyl (C=O) groups is 2. The zero-order valence-corrected chi connectivity index (χ0v) is 17.7. The molecule has 1 saturated heterocycles. The molecule has 2 heterocycles. The first-order chi connectivity index (χ1) is 14.0. The number of nitrogens with zero attached hydrogens (tertiary/aromatic N) is 1. The fourth-order valence-electron chi connectivity index (χ4n) is 4.43. The van der Waals surface area contributed by atoms with E-state index in [1.54, 1.807) is 4.90 Å². The highest BCUT2D eigenvalue weighted by Crippen LogP contribution is 2.48. The Kier molecular flexibility index (Phi) is 4.46. The largest absolute Gasteiger partial charge is 0.351 e. The number of halogens is 1. The maximum Gasteiger partial charge on any atom is 0.271 e. The lowest BCUT2D eigenvalue weighted by Crippen LogP contribution is -2.45. The molecule has 2 aromatic carbocycles. The number of nitrogens with one attached hydrogen (secondary N) is 2. The fraction of sp³-hybridized carbons (Fsp3) is 0.304. The minimum atomic E-state index is -0.422. The van der Waals surface area contributed by atoms with Gasteiger partial charge in [0.15, 0.2) is 0 Å². The average molecular weight is 452 g/mol. The Hall–Kier alpha value is -2.60. The molecule has 1 aliphatic carbocycles. The fourth-order valence-corrected chi connectivity index (χ4v) is 4.81. The SMILES string of the molecule is CCc1cccc(NC(=O)[C@@H]2C[C@H]3C[C@@H]3N2C(=O)c2cc3cc(Br)ccc3[nH]2)c1. The van der Waals surface area contributed by atoms with Gasteiger partial charge < -0.3 is 15.2 Å². The van der Waals surface area contributed by atoms with Gasteiger partial charge >= 0.3 is 0 Å². The summed E-state index contributed by atoms with van der Waals surface area (Å²) in [6.07, 6.45) is 2.65. The van der Waals surface area contributed by atoms with Gasteiger partial charge in [-0.25, -0.2) is 0 Å². The van der Waals surface area contributed by atoms with Gasteiger partial charge in [0.2, 0.25) is 5.91 Å². The molecule has 0 bridgehead atoms. The van der Waals surface area contributed by atoms with Gasteiger partial charge in [-0.1, -0.05) is 35.0 Å². The molecule has 1 saturated carbocycles. The van der Waals surface area contributed by atoms with E-state index in [0.29, 0.717) is 11.6 Å². The van der Waals surface area contributed by atoms with Gasteiger partial charge in [0.25, 0.3) is 5.91 Å². The molecule has 3 atom stereocenters. The Labute approximate surface area is 177 Å². The summed E-state index contributed by atoms with van der Waals surface area (Å²) >= 11 is 3.47. The number of aromatic nitrogens is 1. The number of fused-ring (bicyclic) bond motifs is 2. The number of hydrogen-bond acceptors (Lipinski definition) is 2. The Bertz CT molecular complexity index is 1120. The standard InChI is InChI=1S/C23H22BrN3O2/c1-2-13-4-3-5-17(8-13)25-22(28)21-12-15-11-20(15)27(21)23(29)19-10-14-9-16(24)6-7-18(14)26-19/h3-10,15,20-21,26H,2,11-12H2,1H3,(H,25,28)/t15-,20+,21+/m1/s1. The number of piperidine rings is 1. The van der Waals surface area contributed by atoms with E-state index in [-0.39, 0.29) is 17.9 Å². The Morgan fingerprint density at radius 1 is 1.17 bits per heavy atom. The van der Waals surface area contributed by atoms with Crippen LogP contribution >= 0.6 is 15.9 Å². The average Bonchev–Trinajstić information content (AvgIpc) is 3.18. The summed E-state index contributed by atoms with van der Waals surface area (Å²) in [5.74, 6) is 0.248. The van der Waals surface area contributed by atoms with Gasteiger partial charge in [-0.3, -0.25) is 9.59 Å². The monoisotopic (exact) mass is 451 g/mol. The topological polar surface area (TPSA) is 65.2 Å². The molecule has 5 nitrogen and oxygen atoms in total. The van der Waals surface area contributed by atoms with E-state index in [1.165, 1.54) is 5.56 Å². The smallest absolute Gasteiger partial charge is 0.271 e. The second-order valence-electron chi connectivity index (χ2n) is 7.98. The van der Waals surface area contributed by atoms with E-state index in [9.17, 15) is 9.59 Å². The second kappa shape index (κ2) is 7.02. The lowest BCUT2D eigenvalue weighted by Gasteiger charge is -2.26. The third-order valence-corrected chi connectivity index (χ3v) is 6.55. The van der Waals surface area contributed by atoms with Gasteiger partial charge in [0, 0.05) is 27.1 Å². The van der Waals surface area contributed by atoms with Crippen molar-refractivity contribution in [2.24, 2.45) is 5.92 Å². The highest BCUT2D eigenvalue weighted by molar-refractivity contribution is 9.10. The van der Waals surface area contributed by atoms with Crippen LogP contribution in [0.5, 0.6) is 0 Å². The van der Waals surface area contributed by atoms with E-state index >= 15 is 0 Å². The number of hydrogen-bond donors (Lipinski definition) is 2. The number of amides is 2. The molecule has 2 aliphatic rings.